The quantitative estimate of drug-likeness (QED) is 0.805. The van der Waals surface area contributed by atoms with Crippen LogP contribution in [0.2, 0.25) is 5.02 Å². The van der Waals surface area contributed by atoms with Crippen LogP contribution in [0.15, 0.2) is 42.5 Å². The molecule has 3 rings (SSSR count). The summed E-state index contributed by atoms with van der Waals surface area (Å²) in [5, 5.41) is -0.0952. The highest BCUT2D eigenvalue weighted by molar-refractivity contribution is 6.31. The molecule has 0 atom stereocenters. The fourth-order valence-corrected chi connectivity index (χ4v) is 2.59. The second-order valence-electron chi connectivity index (χ2n) is 4.78. The maximum Gasteiger partial charge on any atom is 0.258 e. The molecule has 3 nitrogen and oxygen atoms in total. The number of hydrogen-bond acceptors (Lipinski definition) is 2. The monoisotopic (exact) mass is 303 g/mol. The van der Waals surface area contributed by atoms with Crippen LogP contribution < -0.4 is 4.90 Å². The average Bonchev–Trinajstić information content (AvgIpc) is 2.50. The number of Topliss-reactive ketones (excluding diaryl/α,β-unsaturated/α-hetero) is 1. The van der Waals surface area contributed by atoms with Crippen molar-refractivity contribution in [2.24, 2.45) is 0 Å². The Hall–Kier alpha value is -2.20. The summed E-state index contributed by atoms with van der Waals surface area (Å²) >= 11 is 5.72. The predicted octanol–water partition coefficient (Wildman–Crippen LogP) is 3.71. The van der Waals surface area contributed by atoms with Crippen LogP contribution >= 0.6 is 11.6 Å². The zero-order valence-electron chi connectivity index (χ0n) is 11.0. The number of carbonyl (C=O) groups is 2. The summed E-state index contributed by atoms with van der Waals surface area (Å²) < 4.78 is 13.2. The second-order valence-corrected chi connectivity index (χ2v) is 5.18. The van der Waals surface area contributed by atoms with Crippen molar-refractivity contribution >= 4 is 29.0 Å². The largest absolute Gasteiger partial charge is 0.307 e. The first-order valence-corrected chi connectivity index (χ1v) is 6.85. The summed E-state index contributed by atoms with van der Waals surface area (Å²) in [7, 11) is 0. The Kier molecular flexibility index (Phi) is 3.47. The second kappa shape index (κ2) is 5.30. The standard InChI is InChI=1S/C16H11ClFNO2/c17-12-9-10(5-6-13(12)18)16(21)19-8-7-15(20)11-3-1-2-4-14(11)19/h1-6,9H,7-8H2. The van der Waals surface area contributed by atoms with E-state index in [2.05, 4.69) is 0 Å². The fourth-order valence-electron chi connectivity index (χ4n) is 2.41. The molecule has 106 valence electrons. The van der Waals surface area contributed by atoms with Crippen molar-refractivity contribution in [3.05, 3.63) is 64.4 Å². The number of anilines is 1. The maximum atomic E-state index is 13.2. The molecule has 2 aromatic rings. The van der Waals surface area contributed by atoms with Crippen molar-refractivity contribution in [2.45, 2.75) is 6.42 Å². The molecule has 0 radical (unpaired) electrons. The molecule has 1 heterocycles. The van der Waals surface area contributed by atoms with Crippen LogP contribution in [-0.2, 0) is 0 Å². The third-order valence-electron chi connectivity index (χ3n) is 3.47. The first kappa shape index (κ1) is 13.8. The van der Waals surface area contributed by atoms with Crippen molar-refractivity contribution in [1.29, 1.82) is 0 Å². The molecule has 0 spiro atoms. The van der Waals surface area contributed by atoms with Crippen molar-refractivity contribution in [3.8, 4) is 0 Å². The van der Waals surface area contributed by atoms with Gasteiger partial charge in [-0.3, -0.25) is 9.59 Å². The zero-order chi connectivity index (χ0) is 15.0. The minimum absolute atomic E-state index is 0.0202. The lowest BCUT2D eigenvalue weighted by Gasteiger charge is -2.28. The molecule has 0 aliphatic carbocycles. The first-order valence-electron chi connectivity index (χ1n) is 6.47. The number of amides is 1. The van der Waals surface area contributed by atoms with Gasteiger partial charge in [0.2, 0.25) is 0 Å². The van der Waals surface area contributed by atoms with Crippen LogP contribution in [0.5, 0.6) is 0 Å². The third-order valence-corrected chi connectivity index (χ3v) is 3.76. The SMILES string of the molecule is O=C1CCN(C(=O)c2ccc(F)c(Cl)c2)c2ccccc21. The van der Waals surface area contributed by atoms with E-state index in [1.807, 2.05) is 0 Å². The molecule has 0 aromatic heterocycles. The molecule has 0 bridgehead atoms. The fraction of sp³-hybridized carbons (Fsp3) is 0.125. The Morgan fingerprint density at radius 3 is 2.71 bits per heavy atom. The van der Waals surface area contributed by atoms with Gasteiger partial charge in [-0.05, 0) is 30.3 Å². The molecule has 0 saturated carbocycles. The van der Waals surface area contributed by atoms with Gasteiger partial charge >= 0.3 is 0 Å². The zero-order valence-corrected chi connectivity index (χ0v) is 11.7. The van der Waals surface area contributed by atoms with E-state index in [1.54, 1.807) is 24.3 Å². The molecule has 1 aliphatic rings. The lowest BCUT2D eigenvalue weighted by Crippen LogP contribution is -2.37. The number of halogens is 2. The van der Waals surface area contributed by atoms with Gasteiger partial charge in [0.1, 0.15) is 5.82 Å². The Labute approximate surface area is 125 Å². The van der Waals surface area contributed by atoms with Crippen molar-refractivity contribution < 1.29 is 14.0 Å². The van der Waals surface area contributed by atoms with E-state index in [4.69, 9.17) is 11.6 Å². The number of hydrogen-bond donors (Lipinski definition) is 0. The Morgan fingerprint density at radius 2 is 1.95 bits per heavy atom. The maximum absolute atomic E-state index is 13.2. The Bertz CT molecular complexity index is 745. The lowest BCUT2D eigenvalue weighted by atomic mass is 9.99. The smallest absolute Gasteiger partial charge is 0.258 e. The van der Waals surface area contributed by atoms with E-state index in [-0.39, 0.29) is 23.1 Å². The van der Waals surface area contributed by atoms with Crippen LogP contribution in [0, 0.1) is 5.82 Å². The van der Waals surface area contributed by atoms with Gasteiger partial charge in [-0.15, -0.1) is 0 Å². The third kappa shape index (κ3) is 2.43. The summed E-state index contributed by atoms with van der Waals surface area (Å²) in [5.41, 5.74) is 1.41. The van der Waals surface area contributed by atoms with E-state index < -0.39 is 5.82 Å². The summed E-state index contributed by atoms with van der Waals surface area (Å²) in [6.07, 6.45) is 0.275. The molecule has 2 aromatic carbocycles. The molecule has 21 heavy (non-hydrogen) atoms. The molecule has 0 fully saturated rings. The summed E-state index contributed by atoms with van der Waals surface area (Å²) in [6.45, 7) is 0.309. The number of rotatable bonds is 1. The molecule has 0 saturated heterocycles. The van der Waals surface area contributed by atoms with Gasteiger partial charge in [0.25, 0.3) is 5.91 Å². The molecule has 0 unspecified atom stereocenters. The summed E-state index contributed by atoms with van der Waals surface area (Å²) in [6, 6.07) is 10.8. The molecule has 1 amide bonds. The van der Waals surface area contributed by atoms with Gasteiger partial charge in [-0.25, -0.2) is 4.39 Å². The molecule has 1 aliphatic heterocycles. The number of benzene rings is 2. The molecule has 5 heteroatoms. The van der Waals surface area contributed by atoms with Gasteiger partial charge < -0.3 is 4.90 Å². The molecular formula is C16H11ClFNO2. The van der Waals surface area contributed by atoms with E-state index in [9.17, 15) is 14.0 Å². The van der Waals surface area contributed by atoms with Crippen molar-refractivity contribution in [1.82, 2.24) is 0 Å². The van der Waals surface area contributed by atoms with Crippen LogP contribution in [0.1, 0.15) is 27.1 Å². The van der Waals surface area contributed by atoms with Gasteiger partial charge in [0.15, 0.2) is 5.78 Å². The van der Waals surface area contributed by atoms with Gasteiger partial charge in [-0.1, -0.05) is 23.7 Å². The number of nitrogens with zero attached hydrogens (tertiary/aromatic N) is 1. The van der Waals surface area contributed by atoms with Crippen molar-refractivity contribution in [3.63, 3.8) is 0 Å². The highest BCUT2D eigenvalue weighted by atomic mass is 35.5. The lowest BCUT2D eigenvalue weighted by molar-refractivity contribution is 0.0955. The van der Waals surface area contributed by atoms with Crippen molar-refractivity contribution in [2.75, 3.05) is 11.4 Å². The normalized spacial score (nSPS) is 14.0. The summed E-state index contributed by atoms with van der Waals surface area (Å²) in [5.74, 6) is -0.842. The van der Waals surface area contributed by atoms with Gasteiger partial charge in [-0.2, -0.15) is 0 Å². The van der Waals surface area contributed by atoms with E-state index in [0.717, 1.165) is 6.07 Å². The molecule has 0 N–H and O–H groups in total. The highest BCUT2D eigenvalue weighted by Crippen LogP contribution is 2.28. The highest BCUT2D eigenvalue weighted by Gasteiger charge is 2.27. The van der Waals surface area contributed by atoms with E-state index in [1.165, 1.54) is 17.0 Å². The van der Waals surface area contributed by atoms with Crippen LogP contribution in [0.25, 0.3) is 0 Å². The summed E-state index contributed by atoms with van der Waals surface area (Å²) in [4.78, 5) is 26.0. The van der Waals surface area contributed by atoms with E-state index >= 15 is 0 Å². The average molecular weight is 304 g/mol. The topological polar surface area (TPSA) is 37.4 Å². The number of carbonyl (C=O) groups excluding carboxylic acids is 2. The van der Waals surface area contributed by atoms with Gasteiger partial charge in [0, 0.05) is 24.1 Å². The van der Waals surface area contributed by atoms with Gasteiger partial charge in [0.05, 0.1) is 10.7 Å². The first-order chi connectivity index (χ1) is 10.1. The number of fused-ring (bicyclic) bond motifs is 1. The Morgan fingerprint density at radius 1 is 1.19 bits per heavy atom. The minimum Gasteiger partial charge on any atom is -0.307 e. The van der Waals surface area contributed by atoms with Crippen LogP contribution in [0.3, 0.4) is 0 Å². The van der Waals surface area contributed by atoms with E-state index in [0.29, 0.717) is 23.4 Å². The predicted molar refractivity (Wildman–Crippen MR) is 78.5 cm³/mol. The number of para-hydroxylation sites is 1. The van der Waals surface area contributed by atoms with Crippen LogP contribution in [-0.4, -0.2) is 18.2 Å². The Balaban J connectivity index is 2.01. The minimum atomic E-state index is -0.567. The molecular weight excluding hydrogens is 293 g/mol. The van der Waals surface area contributed by atoms with Crippen LogP contribution in [0.4, 0.5) is 10.1 Å². The number of ketones is 1.